The van der Waals surface area contributed by atoms with E-state index in [9.17, 15) is 0 Å². The van der Waals surface area contributed by atoms with Crippen LogP contribution in [-0.2, 0) is 0 Å². The minimum atomic E-state index is 0.479. The maximum atomic E-state index is 5.54. The Balaban J connectivity index is 2.10. The Morgan fingerprint density at radius 2 is 2.25 bits per heavy atom. The monoisotopic (exact) mass is 221 g/mol. The predicted molar refractivity (Wildman–Crippen MR) is 65.4 cm³/mol. The molecule has 0 saturated carbocycles. The van der Waals surface area contributed by atoms with E-state index in [1.165, 1.54) is 12.8 Å². The summed E-state index contributed by atoms with van der Waals surface area (Å²) >= 11 is 0. The summed E-state index contributed by atoms with van der Waals surface area (Å²) in [5, 5.41) is 8.06. The van der Waals surface area contributed by atoms with E-state index >= 15 is 0 Å². The van der Waals surface area contributed by atoms with Gasteiger partial charge in [-0.2, -0.15) is 0 Å². The fourth-order valence-corrected chi connectivity index (χ4v) is 2.24. The van der Waals surface area contributed by atoms with E-state index < -0.39 is 0 Å². The zero-order chi connectivity index (χ0) is 11.5. The third kappa shape index (κ3) is 2.41. The quantitative estimate of drug-likeness (QED) is 0.809. The van der Waals surface area contributed by atoms with Crippen molar-refractivity contribution in [1.29, 1.82) is 0 Å². The van der Waals surface area contributed by atoms with Gasteiger partial charge >= 0.3 is 0 Å². The molecule has 0 radical (unpaired) electrons. The van der Waals surface area contributed by atoms with Gasteiger partial charge in [0, 0.05) is 19.1 Å². The molecule has 0 spiro atoms. The van der Waals surface area contributed by atoms with Crippen LogP contribution in [0.15, 0.2) is 12.1 Å². The van der Waals surface area contributed by atoms with Gasteiger partial charge in [0.1, 0.15) is 5.82 Å². The van der Waals surface area contributed by atoms with Crippen molar-refractivity contribution in [3.05, 3.63) is 12.1 Å². The number of hydrogen-bond donors (Lipinski definition) is 1. The lowest BCUT2D eigenvalue weighted by atomic mass is 10.2. The molecular weight excluding hydrogens is 202 g/mol. The van der Waals surface area contributed by atoms with Gasteiger partial charge in [0.25, 0.3) is 0 Å². The van der Waals surface area contributed by atoms with Gasteiger partial charge in [0.05, 0.1) is 0 Å². The molecule has 2 rings (SSSR count). The number of rotatable bonds is 3. The second kappa shape index (κ2) is 4.65. The molecule has 1 aliphatic rings. The van der Waals surface area contributed by atoms with Crippen molar-refractivity contribution in [2.24, 2.45) is 0 Å². The first-order chi connectivity index (χ1) is 7.66. The molecule has 5 heteroatoms. The Kier molecular flexibility index (Phi) is 3.24. The van der Waals surface area contributed by atoms with Crippen LogP contribution in [0.5, 0.6) is 0 Å². The molecule has 16 heavy (non-hydrogen) atoms. The van der Waals surface area contributed by atoms with E-state index in [1.54, 1.807) is 0 Å². The molecule has 88 valence electrons. The number of nitrogens with two attached hydrogens (primary N) is 1. The number of anilines is 2. The molecular formula is C11H19N5. The number of nitrogens with zero attached hydrogens (tertiary/aromatic N) is 4. The summed E-state index contributed by atoms with van der Waals surface area (Å²) in [6, 6.07) is 4.32. The predicted octanol–water partition coefficient (Wildman–Crippen LogP) is 0.589. The van der Waals surface area contributed by atoms with E-state index in [1.807, 2.05) is 12.1 Å². The molecule has 1 fully saturated rings. The van der Waals surface area contributed by atoms with Crippen molar-refractivity contribution < 1.29 is 0 Å². The lowest BCUT2D eigenvalue weighted by Gasteiger charge is -2.27. The maximum Gasteiger partial charge on any atom is 0.151 e. The fraction of sp³-hybridized carbons (Fsp3) is 0.636. The highest BCUT2D eigenvalue weighted by atomic mass is 15.3. The van der Waals surface area contributed by atoms with E-state index in [0.717, 1.165) is 18.9 Å². The van der Waals surface area contributed by atoms with Crippen LogP contribution < -0.4 is 10.6 Å². The Morgan fingerprint density at radius 3 is 2.88 bits per heavy atom. The molecule has 2 heterocycles. The first-order valence-electron chi connectivity index (χ1n) is 5.67. The van der Waals surface area contributed by atoms with Crippen LogP contribution in [0.3, 0.4) is 0 Å². The van der Waals surface area contributed by atoms with Gasteiger partial charge < -0.3 is 15.5 Å². The van der Waals surface area contributed by atoms with E-state index in [2.05, 4.69) is 34.1 Å². The van der Waals surface area contributed by atoms with Crippen LogP contribution in [0.25, 0.3) is 0 Å². The summed E-state index contributed by atoms with van der Waals surface area (Å²) in [5.41, 5.74) is 5.54. The third-order valence-electron chi connectivity index (χ3n) is 2.92. The van der Waals surface area contributed by atoms with Crippen molar-refractivity contribution in [2.45, 2.75) is 18.9 Å². The highest BCUT2D eigenvalue weighted by Crippen LogP contribution is 2.23. The van der Waals surface area contributed by atoms with Crippen molar-refractivity contribution >= 4 is 11.6 Å². The van der Waals surface area contributed by atoms with Crippen LogP contribution in [0.2, 0.25) is 0 Å². The van der Waals surface area contributed by atoms with Crippen LogP contribution >= 0.6 is 0 Å². The molecule has 1 aliphatic heterocycles. The first kappa shape index (κ1) is 11.1. The van der Waals surface area contributed by atoms with E-state index in [4.69, 9.17) is 5.73 Å². The summed E-state index contributed by atoms with van der Waals surface area (Å²) in [7, 11) is 4.20. The summed E-state index contributed by atoms with van der Waals surface area (Å²) in [5.74, 6) is 1.42. The van der Waals surface area contributed by atoms with Gasteiger partial charge in [-0.15, -0.1) is 10.2 Å². The molecule has 1 saturated heterocycles. The number of aromatic nitrogens is 2. The molecule has 1 atom stereocenters. The summed E-state index contributed by atoms with van der Waals surface area (Å²) in [4.78, 5) is 4.54. The van der Waals surface area contributed by atoms with Crippen molar-refractivity contribution in [3.63, 3.8) is 0 Å². The largest absolute Gasteiger partial charge is 0.382 e. The van der Waals surface area contributed by atoms with E-state index in [0.29, 0.717) is 11.9 Å². The van der Waals surface area contributed by atoms with Gasteiger partial charge in [0.2, 0.25) is 0 Å². The van der Waals surface area contributed by atoms with Gasteiger partial charge in [-0.05, 0) is 39.1 Å². The van der Waals surface area contributed by atoms with Crippen molar-refractivity contribution in [3.8, 4) is 0 Å². The molecule has 2 N–H and O–H groups in total. The molecule has 1 unspecified atom stereocenters. The number of hydrogen-bond acceptors (Lipinski definition) is 5. The molecule has 1 aromatic rings. The van der Waals surface area contributed by atoms with Crippen molar-refractivity contribution in [1.82, 2.24) is 15.1 Å². The molecule has 0 bridgehead atoms. The summed E-state index contributed by atoms with van der Waals surface area (Å²) in [6.07, 6.45) is 2.45. The normalized spacial score (nSPS) is 20.7. The van der Waals surface area contributed by atoms with Gasteiger partial charge in [-0.25, -0.2) is 0 Å². The Labute approximate surface area is 96.2 Å². The minimum absolute atomic E-state index is 0.479. The zero-order valence-electron chi connectivity index (χ0n) is 9.93. The fourth-order valence-electron chi connectivity index (χ4n) is 2.24. The molecule has 5 nitrogen and oxygen atoms in total. The average molecular weight is 221 g/mol. The number of likely N-dealkylation sites (N-methyl/N-ethyl adjacent to an activating group) is 1. The highest BCUT2D eigenvalue weighted by molar-refractivity contribution is 5.43. The van der Waals surface area contributed by atoms with Crippen LogP contribution in [0.4, 0.5) is 11.6 Å². The van der Waals surface area contributed by atoms with Crippen LogP contribution in [0.1, 0.15) is 12.8 Å². The Hall–Kier alpha value is -1.36. The third-order valence-corrected chi connectivity index (χ3v) is 2.92. The van der Waals surface area contributed by atoms with Crippen molar-refractivity contribution in [2.75, 3.05) is 37.8 Å². The highest BCUT2D eigenvalue weighted by Gasteiger charge is 2.26. The second-order valence-electron chi connectivity index (χ2n) is 4.57. The zero-order valence-corrected chi connectivity index (χ0v) is 9.93. The lowest BCUT2D eigenvalue weighted by Crippen LogP contribution is -2.38. The Morgan fingerprint density at radius 1 is 1.44 bits per heavy atom. The maximum absolute atomic E-state index is 5.54. The van der Waals surface area contributed by atoms with Gasteiger partial charge in [-0.3, -0.25) is 0 Å². The Bertz CT molecular complexity index is 335. The average Bonchev–Trinajstić information content (AvgIpc) is 2.66. The smallest absolute Gasteiger partial charge is 0.151 e. The summed E-state index contributed by atoms with van der Waals surface area (Å²) in [6.45, 7) is 2.13. The van der Waals surface area contributed by atoms with E-state index in [-0.39, 0.29) is 0 Å². The summed E-state index contributed by atoms with van der Waals surface area (Å²) < 4.78 is 0. The first-order valence-corrected chi connectivity index (χ1v) is 5.67. The molecule has 1 aromatic heterocycles. The van der Waals surface area contributed by atoms with Gasteiger partial charge in [0.15, 0.2) is 5.82 Å². The topological polar surface area (TPSA) is 58.3 Å². The second-order valence-corrected chi connectivity index (χ2v) is 4.57. The van der Waals surface area contributed by atoms with Crippen LogP contribution in [-0.4, -0.2) is 48.3 Å². The van der Waals surface area contributed by atoms with Gasteiger partial charge in [-0.1, -0.05) is 0 Å². The standard InChI is InChI=1S/C11H19N5/c1-15(2)8-9-4-3-7-16(9)11-6-5-10(12)13-14-11/h5-6,9H,3-4,7-8H2,1-2H3,(H2,12,13). The van der Waals surface area contributed by atoms with Crippen LogP contribution in [0, 0.1) is 0 Å². The molecule has 0 amide bonds. The molecule has 0 aliphatic carbocycles. The lowest BCUT2D eigenvalue weighted by molar-refractivity contribution is 0.371. The minimum Gasteiger partial charge on any atom is -0.382 e. The number of nitrogen functional groups attached to an aromatic ring is 1. The molecule has 0 aromatic carbocycles. The SMILES string of the molecule is CN(C)CC1CCCN1c1ccc(N)nn1.